The maximum Gasteiger partial charge on any atom is 0.229 e. The fourth-order valence-corrected chi connectivity index (χ4v) is 1.92. The molecule has 1 aromatic heterocycles. The summed E-state index contributed by atoms with van der Waals surface area (Å²) in [6.07, 6.45) is 1.90. The van der Waals surface area contributed by atoms with E-state index in [9.17, 15) is 0 Å². The third-order valence-electron chi connectivity index (χ3n) is 3.05. The van der Waals surface area contributed by atoms with E-state index in [2.05, 4.69) is 17.1 Å². The molecule has 1 heterocycles. The Kier molecular flexibility index (Phi) is 4.52. The molecular weight excluding hydrogens is 242 g/mol. The zero-order valence-corrected chi connectivity index (χ0v) is 11.3. The van der Waals surface area contributed by atoms with Gasteiger partial charge in [-0.15, -0.1) is 0 Å². The highest BCUT2D eigenvalue weighted by Gasteiger charge is 2.16. The van der Waals surface area contributed by atoms with Gasteiger partial charge in [0.05, 0.1) is 12.7 Å². The lowest BCUT2D eigenvalue weighted by molar-refractivity contribution is 0.352. The van der Waals surface area contributed by atoms with Crippen molar-refractivity contribution in [1.82, 2.24) is 10.1 Å². The van der Waals surface area contributed by atoms with E-state index in [1.165, 1.54) is 0 Å². The van der Waals surface area contributed by atoms with E-state index in [1.807, 2.05) is 24.3 Å². The SMILES string of the molecule is COc1ccccc1-c1noc(C(C)CCCN)n1. The van der Waals surface area contributed by atoms with Crippen molar-refractivity contribution >= 4 is 0 Å². The Morgan fingerprint density at radius 1 is 1.37 bits per heavy atom. The van der Waals surface area contributed by atoms with Gasteiger partial charge in [0.25, 0.3) is 0 Å². The lowest BCUT2D eigenvalue weighted by Gasteiger charge is -2.04. The molecule has 1 atom stereocenters. The van der Waals surface area contributed by atoms with E-state index < -0.39 is 0 Å². The van der Waals surface area contributed by atoms with Crippen LogP contribution in [0.2, 0.25) is 0 Å². The van der Waals surface area contributed by atoms with Gasteiger partial charge < -0.3 is 15.0 Å². The number of methoxy groups -OCH3 is 1. The first kappa shape index (κ1) is 13.5. The molecule has 0 aliphatic rings. The number of ether oxygens (including phenoxy) is 1. The number of aromatic nitrogens is 2. The summed E-state index contributed by atoms with van der Waals surface area (Å²) in [4.78, 5) is 4.44. The van der Waals surface area contributed by atoms with Crippen molar-refractivity contribution in [2.75, 3.05) is 13.7 Å². The minimum Gasteiger partial charge on any atom is -0.496 e. The van der Waals surface area contributed by atoms with E-state index in [1.54, 1.807) is 7.11 Å². The van der Waals surface area contributed by atoms with Crippen molar-refractivity contribution in [3.63, 3.8) is 0 Å². The Labute approximate surface area is 112 Å². The molecule has 0 saturated heterocycles. The number of hydrogen-bond donors (Lipinski definition) is 1. The standard InChI is InChI=1S/C14H19N3O2/c1-10(6-5-9-15)14-16-13(17-19-14)11-7-3-4-8-12(11)18-2/h3-4,7-8,10H,5-6,9,15H2,1-2H3. The summed E-state index contributed by atoms with van der Waals surface area (Å²) < 4.78 is 10.6. The first-order valence-corrected chi connectivity index (χ1v) is 6.43. The zero-order valence-electron chi connectivity index (χ0n) is 11.3. The molecule has 2 aromatic rings. The Morgan fingerprint density at radius 2 is 2.16 bits per heavy atom. The third kappa shape index (κ3) is 3.12. The van der Waals surface area contributed by atoms with Gasteiger partial charge in [-0.3, -0.25) is 0 Å². The smallest absolute Gasteiger partial charge is 0.229 e. The summed E-state index contributed by atoms with van der Waals surface area (Å²) >= 11 is 0. The first-order chi connectivity index (χ1) is 9.26. The van der Waals surface area contributed by atoms with E-state index in [-0.39, 0.29) is 5.92 Å². The van der Waals surface area contributed by atoms with Gasteiger partial charge in [-0.1, -0.05) is 24.2 Å². The highest BCUT2D eigenvalue weighted by molar-refractivity contribution is 5.63. The lowest BCUT2D eigenvalue weighted by atomic mass is 10.1. The second-order valence-electron chi connectivity index (χ2n) is 4.49. The van der Waals surface area contributed by atoms with Gasteiger partial charge in [-0.05, 0) is 31.5 Å². The van der Waals surface area contributed by atoms with Crippen LogP contribution in [0.1, 0.15) is 31.6 Å². The minimum absolute atomic E-state index is 0.222. The van der Waals surface area contributed by atoms with Crippen LogP contribution < -0.4 is 10.5 Å². The molecule has 0 radical (unpaired) electrons. The Balaban J connectivity index is 2.20. The molecule has 2 rings (SSSR count). The van der Waals surface area contributed by atoms with Crippen LogP contribution in [-0.4, -0.2) is 23.8 Å². The molecule has 19 heavy (non-hydrogen) atoms. The van der Waals surface area contributed by atoms with Gasteiger partial charge in [0.1, 0.15) is 5.75 Å². The largest absolute Gasteiger partial charge is 0.496 e. The van der Waals surface area contributed by atoms with E-state index >= 15 is 0 Å². The fourth-order valence-electron chi connectivity index (χ4n) is 1.92. The van der Waals surface area contributed by atoms with Gasteiger partial charge in [0, 0.05) is 5.92 Å². The zero-order chi connectivity index (χ0) is 13.7. The fraction of sp³-hybridized carbons (Fsp3) is 0.429. The van der Waals surface area contributed by atoms with Crippen molar-refractivity contribution < 1.29 is 9.26 Å². The number of para-hydroxylation sites is 1. The van der Waals surface area contributed by atoms with E-state index in [0.717, 1.165) is 24.2 Å². The molecule has 0 fully saturated rings. The van der Waals surface area contributed by atoms with E-state index in [0.29, 0.717) is 18.3 Å². The van der Waals surface area contributed by atoms with Crippen LogP contribution in [-0.2, 0) is 0 Å². The van der Waals surface area contributed by atoms with Crippen molar-refractivity contribution in [3.8, 4) is 17.1 Å². The van der Waals surface area contributed by atoms with Crippen molar-refractivity contribution in [1.29, 1.82) is 0 Å². The second-order valence-corrected chi connectivity index (χ2v) is 4.49. The number of hydrogen-bond acceptors (Lipinski definition) is 5. The Bertz CT molecular complexity index is 525. The lowest BCUT2D eigenvalue weighted by Crippen LogP contribution is -2.02. The molecule has 0 amide bonds. The monoisotopic (exact) mass is 261 g/mol. The van der Waals surface area contributed by atoms with Gasteiger partial charge in [0.15, 0.2) is 0 Å². The summed E-state index contributed by atoms with van der Waals surface area (Å²) in [6.45, 7) is 2.74. The van der Waals surface area contributed by atoms with Gasteiger partial charge in [0.2, 0.25) is 11.7 Å². The highest BCUT2D eigenvalue weighted by atomic mass is 16.5. The Hall–Kier alpha value is -1.88. The van der Waals surface area contributed by atoms with E-state index in [4.69, 9.17) is 15.0 Å². The summed E-state index contributed by atoms with van der Waals surface area (Å²) in [7, 11) is 1.63. The first-order valence-electron chi connectivity index (χ1n) is 6.43. The molecule has 5 heteroatoms. The minimum atomic E-state index is 0.222. The average Bonchev–Trinajstić information content (AvgIpc) is 2.94. The summed E-state index contributed by atoms with van der Waals surface area (Å²) in [5.74, 6) is 2.17. The number of rotatable bonds is 6. The predicted octanol–water partition coefficient (Wildman–Crippen LogP) is 2.59. The maximum absolute atomic E-state index is 5.51. The summed E-state index contributed by atoms with van der Waals surface area (Å²) in [5, 5.41) is 4.03. The molecule has 0 aliphatic heterocycles. The van der Waals surface area contributed by atoms with Crippen LogP contribution in [0.4, 0.5) is 0 Å². The maximum atomic E-state index is 5.51. The third-order valence-corrected chi connectivity index (χ3v) is 3.05. The molecule has 1 aromatic carbocycles. The molecule has 0 aliphatic carbocycles. The van der Waals surface area contributed by atoms with Crippen molar-refractivity contribution in [2.24, 2.45) is 5.73 Å². The number of benzene rings is 1. The molecule has 1 unspecified atom stereocenters. The highest BCUT2D eigenvalue weighted by Crippen LogP contribution is 2.28. The van der Waals surface area contributed by atoms with Gasteiger partial charge in [-0.25, -0.2) is 0 Å². The topological polar surface area (TPSA) is 74.2 Å². The summed E-state index contributed by atoms with van der Waals surface area (Å²) in [6, 6.07) is 7.63. The van der Waals surface area contributed by atoms with Gasteiger partial charge >= 0.3 is 0 Å². The normalized spacial score (nSPS) is 12.4. The number of nitrogens with zero attached hydrogens (tertiary/aromatic N) is 2. The Morgan fingerprint density at radius 3 is 2.89 bits per heavy atom. The van der Waals surface area contributed by atoms with Crippen LogP contribution in [0, 0.1) is 0 Å². The molecule has 102 valence electrons. The average molecular weight is 261 g/mol. The van der Waals surface area contributed by atoms with Crippen LogP contribution >= 0.6 is 0 Å². The van der Waals surface area contributed by atoms with Crippen LogP contribution in [0.15, 0.2) is 28.8 Å². The van der Waals surface area contributed by atoms with Crippen LogP contribution in [0.3, 0.4) is 0 Å². The molecule has 5 nitrogen and oxygen atoms in total. The van der Waals surface area contributed by atoms with Crippen molar-refractivity contribution in [2.45, 2.75) is 25.7 Å². The van der Waals surface area contributed by atoms with Crippen molar-refractivity contribution in [3.05, 3.63) is 30.2 Å². The predicted molar refractivity (Wildman–Crippen MR) is 73.0 cm³/mol. The molecular formula is C14H19N3O2. The number of nitrogens with two attached hydrogens (primary N) is 1. The quantitative estimate of drug-likeness (QED) is 0.865. The molecule has 0 saturated carbocycles. The molecule has 0 bridgehead atoms. The van der Waals surface area contributed by atoms with Crippen LogP contribution in [0.25, 0.3) is 11.4 Å². The van der Waals surface area contributed by atoms with Crippen LogP contribution in [0.5, 0.6) is 5.75 Å². The molecule has 0 spiro atoms. The summed E-state index contributed by atoms with van der Waals surface area (Å²) in [5.41, 5.74) is 6.34. The molecule has 2 N–H and O–H groups in total. The van der Waals surface area contributed by atoms with Gasteiger partial charge in [-0.2, -0.15) is 4.98 Å². The second kappa shape index (κ2) is 6.33.